The number of rotatable bonds is 2. The molecule has 6 heteroatoms. The van der Waals surface area contributed by atoms with Crippen LogP contribution in [0.5, 0.6) is 0 Å². The Kier molecular flexibility index (Phi) is 3.87. The molecule has 6 nitrogen and oxygen atoms in total. The molecule has 1 saturated heterocycles. The van der Waals surface area contributed by atoms with Crippen molar-refractivity contribution in [2.45, 2.75) is 39.8 Å². The monoisotopic (exact) mass is 264 g/mol. The largest absolute Gasteiger partial charge is 0.354 e. The first-order valence-electron chi connectivity index (χ1n) is 6.67. The van der Waals surface area contributed by atoms with Crippen molar-refractivity contribution >= 4 is 11.8 Å². The maximum atomic E-state index is 12.6. The van der Waals surface area contributed by atoms with Gasteiger partial charge in [-0.05, 0) is 27.2 Å². The molecule has 0 saturated carbocycles. The molecule has 0 aliphatic carbocycles. The van der Waals surface area contributed by atoms with Crippen LogP contribution in [-0.2, 0) is 11.3 Å². The van der Waals surface area contributed by atoms with Crippen LogP contribution in [0.25, 0.3) is 0 Å². The highest BCUT2D eigenvalue weighted by Gasteiger charge is 2.29. The molecular formula is C13H20N4O2. The number of carbonyl (C=O) groups excluding carboxylic acids is 2. The third kappa shape index (κ3) is 2.62. The van der Waals surface area contributed by atoms with Gasteiger partial charge in [-0.3, -0.25) is 14.3 Å². The maximum Gasteiger partial charge on any atom is 0.257 e. The van der Waals surface area contributed by atoms with Gasteiger partial charge in [0.15, 0.2) is 0 Å². The predicted octanol–water partition coefficient (Wildman–Crippen LogP) is 0.562. The van der Waals surface area contributed by atoms with Crippen molar-refractivity contribution in [1.29, 1.82) is 0 Å². The molecule has 2 heterocycles. The van der Waals surface area contributed by atoms with Gasteiger partial charge < -0.3 is 10.2 Å². The van der Waals surface area contributed by atoms with Crippen LogP contribution in [0.4, 0.5) is 0 Å². The predicted molar refractivity (Wildman–Crippen MR) is 70.8 cm³/mol. The highest BCUT2D eigenvalue weighted by Crippen LogP contribution is 2.14. The first kappa shape index (κ1) is 13.6. The summed E-state index contributed by atoms with van der Waals surface area (Å²) < 4.78 is 1.74. The highest BCUT2D eigenvalue weighted by atomic mass is 16.2. The van der Waals surface area contributed by atoms with Gasteiger partial charge in [-0.15, -0.1) is 0 Å². The molecule has 1 aliphatic heterocycles. The Bertz CT molecular complexity index is 495. The fraction of sp³-hybridized carbons (Fsp3) is 0.615. The molecule has 0 unspecified atom stereocenters. The zero-order valence-corrected chi connectivity index (χ0v) is 11.6. The van der Waals surface area contributed by atoms with Crippen LogP contribution < -0.4 is 5.32 Å². The van der Waals surface area contributed by atoms with E-state index in [1.54, 1.807) is 22.7 Å². The summed E-state index contributed by atoms with van der Waals surface area (Å²) in [4.78, 5) is 26.0. The van der Waals surface area contributed by atoms with E-state index in [0.717, 1.165) is 13.0 Å². The molecular weight excluding hydrogens is 244 g/mol. The number of aryl methyl sites for hydroxylation is 2. The summed E-state index contributed by atoms with van der Waals surface area (Å²) in [6.07, 6.45) is 2.54. The molecule has 1 aromatic heterocycles. The number of hydrogen-bond donors (Lipinski definition) is 1. The molecule has 19 heavy (non-hydrogen) atoms. The lowest BCUT2D eigenvalue weighted by atomic mass is 10.2. The summed E-state index contributed by atoms with van der Waals surface area (Å²) >= 11 is 0. The number of carbonyl (C=O) groups is 2. The molecule has 104 valence electrons. The Morgan fingerprint density at radius 2 is 2.32 bits per heavy atom. The average molecular weight is 264 g/mol. The van der Waals surface area contributed by atoms with Gasteiger partial charge in [0.1, 0.15) is 6.04 Å². The topological polar surface area (TPSA) is 67.2 Å². The standard InChI is InChI=1S/C13H20N4O2/c1-4-16-8-11(9(2)15-16)13(19)17-7-5-6-14-12(18)10(17)3/h8,10H,4-7H2,1-3H3,(H,14,18)/t10-/m0/s1. The maximum absolute atomic E-state index is 12.6. The van der Waals surface area contributed by atoms with Crippen LogP contribution in [-0.4, -0.2) is 45.6 Å². The first-order valence-corrected chi connectivity index (χ1v) is 6.67. The molecule has 1 atom stereocenters. The normalized spacial score (nSPS) is 20.1. The average Bonchev–Trinajstić information content (AvgIpc) is 2.70. The number of hydrogen-bond acceptors (Lipinski definition) is 3. The van der Waals surface area contributed by atoms with Crippen molar-refractivity contribution in [2.75, 3.05) is 13.1 Å². The summed E-state index contributed by atoms with van der Waals surface area (Å²) in [6, 6.07) is -0.431. The van der Waals surface area contributed by atoms with E-state index >= 15 is 0 Å². The van der Waals surface area contributed by atoms with Gasteiger partial charge in [-0.25, -0.2) is 0 Å². The van der Waals surface area contributed by atoms with E-state index in [4.69, 9.17) is 0 Å². The van der Waals surface area contributed by atoms with E-state index < -0.39 is 6.04 Å². The zero-order chi connectivity index (χ0) is 14.0. The van der Waals surface area contributed by atoms with Crippen LogP contribution >= 0.6 is 0 Å². The van der Waals surface area contributed by atoms with Crippen molar-refractivity contribution in [3.05, 3.63) is 17.5 Å². The number of amides is 2. The summed E-state index contributed by atoms with van der Waals surface area (Å²) in [5.74, 6) is -0.201. The summed E-state index contributed by atoms with van der Waals surface area (Å²) in [7, 11) is 0. The Morgan fingerprint density at radius 1 is 1.58 bits per heavy atom. The number of nitrogens with one attached hydrogen (secondary N) is 1. The van der Waals surface area contributed by atoms with Crippen molar-refractivity contribution in [3.8, 4) is 0 Å². The van der Waals surface area contributed by atoms with E-state index in [1.165, 1.54) is 0 Å². The van der Waals surface area contributed by atoms with Crippen LogP contribution in [0.2, 0.25) is 0 Å². The summed E-state index contributed by atoms with van der Waals surface area (Å²) in [5, 5.41) is 7.09. The lowest BCUT2D eigenvalue weighted by Crippen LogP contribution is -2.45. The lowest BCUT2D eigenvalue weighted by Gasteiger charge is -2.25. The minimum absolute atomic E-state index is 0.0913. The summed E-state index contributed by atoms with van der Waals surface area (Å²) in [6.45, 7) is 7.50. The number of nitrogens with zero attached hydrogens (tertiary/aromatic N) is 3. The van der Waals surface area contributed by atoms with Gasteiger partial charge in [0.05, 0.1) is 11.3 Å². The molecule has 1 N–H and O–H groups in total. The van der Waals surface area contributed by atoms with Crippen molar-refractivity contribution in [2.24, 2.45) is 0 Å². The quantitative estimate of drug-likeness (QED) is 0.849. The van der Waals surface area contributed by atoms with Crippen LogP contribution in [0.1, 0.15) is 36.3 Å². The lowest BCUT2D eigenvalue weighted by molar-refractivity contribution is -0.124. The van der Waals surface area contributed by atoms with Gasteiger partial charge in [-0.2, -0.15) is 5.10 Å². The highest BCUT2D eigenvalue weighted by molar-refractivity contribution is 5.98. The van der Waals surface area contributed by atoms with Crippen molar-refractivity contribution < 1.29 is 9.59 Å². The second-order valence-electron chi connectivity index (χ2n) is 4.80. The van der Waals surface area contributed by atoms with Gasteiger partial charge in [-0.1, -0.05) is 0 Å². The molecule has 0 spiro atoms. The molecule has 2 rings (SSSR count). The van der Waals surface area contributed by atoms with Crippen molar-refractivity contribution in [3.63, 3.8) is 0 Å². The summed E-state index contributed by atoms with van der Waals surface area (Å²) in [5.41, 5.74) is 1.30. The zero-order valence-electron chi connectivity index (χ0n) is 11.6. The SMILES string of the molecule is CCn1cc(C(=O)N2CCCNC(=O)[C@@H]2C)c(C)n1. The van der Waals surface area contributed by atoms with Crippen molar-refractivity contribution in [1.82, 2.24) is 20.0 Å². The van der Waals surface area contributed by atoms with E-state index in [-0.39, 0.29) is 11.8 Å². The molecule has 1 fully saturated rings. The van der Waals surface area contributed by atoms with Gasteiger partial charge in [0, 0.05) is 25.8 Å². The van der Waals surface area contributed by atoms with E-state index in [1.807, 2.05) is 13.8 Å². The minimum atomic E-state index is -0.431. The molecule has 2 amide bonds. The van der Waals surface area contributed by atoms with Gasteiger partial charge in [0.25, 0.3) is 5.91 Å². The van der Waals surface area contributed by atoms with E-state index in [9.17, 15) is 9.59 Å². The fourth-order valence-corrected chi connectivity index (χ4v) is 2.27. The third-order valence-electron chi connectivity index (χ3n) is 3.48. The minimum Gasteiger partial charge on any atom is -0.354 e. The third-order valence-corrected chi connectivity index (χ3v) is 3.48. The Labute approximate surface area is 112 Å². The van der Waals surface area contributed by atoms with Gasteiger partial charge >= 0.3 is 0 Å². The van der Waals surface area contributed by atoms with E-state index in [0.29, 0.717) is 24.3 Å². The molecule has 0 radical (unpaired) electrons. The molecule has 1 aliphatic rings. The first-order chi connectivity index (χ1) is 9.04. The fourth-order valence-electron chi connectivity index (χ4n) is 2.27. The smallest absolute Gasteiger partial charge is 0.257 e. The Balaban J connectivity index is 2.26. The Hall–Kier alpha value is -1.85. The van der Waals surface area contributed by atoms with Crippen LogP contribution in [0, 0.1) is 6.92 Å². The number of aromatic nitrogens is 2. The van der Waals surface area contributed by atoms with E-state index in [2.05, 4.69) is 10.4 Å². The molecule has 0 aromatic carbocycles. The van der Waals surface area contributed by atoms with Crippen LogP contribution in [0.15, 0.2) is 6.20 Å². The van der Waals surface area contributed by atoms with Gasteiger partial charge in [0.2, 0.25) is 5.91 Å². The molecule has 1 aromatic rings. The van der Waals surface area contributed by atoms with Crippen LogP contribution in [0.3, 0.4) is 0 Å². The second-order valence-corrected chi connectivity index (χ2v) is 4.80. The Morgan fingerprint density at radius 3 is 2.95 bits per heavy atom. The molecule has 0 bridgehead atoms. The second kappa shape index (κ2) is 5.42.